The first-order valence-electron chi connectivity index (χ1n) is 5.80. The zero-order chi connectivity index (χ0) is 11.5. The highest BCUT2D eigenvalue weighted by atomic mass is 19.1. The number of piperidine rings is 1. The number of rotatable bonds is 2. The number of aryl methyl sites for hydroxylation is 1. The number of β-amino-alcohol motifs (C(OH)–C–C–N with tert-alkyl or cyclic N) is 1. The second kappa shape index (κ2) is 4.93. The summed E-state index contributed by atoms with van der Waals surface area (Å²) in [5.74, 6) is -0.174. The Bertz CT molecular complexity index is 347. The Morgan fingerprint density at radius 3 is 2.94 bits per heavy atom. The van der Waals surface area contributed by atoms with Gasteiger partial charge >= 0.3 is 0 Å². The van der Waals surface area contributed by atoms with E-state index in [9.17, 15) is 9.50 Å². The second-order valence-electron chi connectivity index (χ2n) is 4.67. The molecule has 1 aromatic rings. The standard InChI is InChI=1S/C13H18FNO/c1-10-5-11(7-12(14)6-10)8-15-4-2-3-13(16)9-15/h5-7,13,16H,2-4,8-9H2,1H3/t13-/m1/s1. The van der Waals surface area contributed by atoms with Crippen LogP contribution >= 0.6 is 0 Å². The summed E-state index contributed by atoms with van der Waals surface area (Å²) in [5.41, 5.74) is 1.94. The van der Waals surface area contributed by atoms with E-state index in [2.05, 4.69) is 4.90 Å². The van der Waals surface area contributed by atoms with Gasteiger partial charge in [0.1, 0.15) is 5.82 Å². The molecule has 2 rings (SSSR count). The lowest BCUT2D eigenvalue weighted by molar-refractivity contribution is 0.0668. The average Bonchev–Trinajstić information content (AvgIpc) is 2.15. The van der Waals surface area contributed by atoms with Gasteiger partial charge < -0.3 is 5.11 Å². The van der Waals surface area contributed by atoms with E-state index < -0.39 is 0 Å². The highest BCUT2D eigenvalue weighted by Gasteiger charge is 2.17. The van der Waals surface area contributed by atoms with E-state index in [1.165, 1.54) is 6.07 Å². The van der Waals surface area contributed by atoms with Crippen LogP contribution in [-0.2, 0) is 6.54 Å². The maximum atomic E-state index is 13.2. The Morgan fingerprint density at radius 1 is 1.44 bits per heavy atom. The van der Waals surface area contributed by atoms with Crippen LogP contribution in [0.1, 0.15) is 24.0 Å². The molecule has 1 aliphatic rings. The third kappa shape index (κ3) is 3.03. The average molecular weight is 223 g/mol. The molecule has 0 unspecified atom stereocenters. The van der Waals surface area contributed by atoms with Gasteiger partial charge in [0.15, 0.2) is 0 Å². The highest BCUT2D eigenvalue weighted by Crippen LogP contribution is 2.15. The summed E-state index contributed by atoms with van der Waals surface area (Å²) in [4.78, 5) is 2.18. The van der Waals surface area contributed by atoms with Gasteiger partial charge in [-0.3, -0.25) is 4.90 Å². The zero-order valence-corrected chi connectivity index (χ0v) is 9.62. The lowest BCUT2D eigenvalue weighted by Gasteiger charge is -2.30. The fourth-order valence-corrected chi connectivity index (χ4v) is 2.34. The Morgan fingerprint density at radius 2 is 2.25 bits per heavy atom. The largest absolute Gasteiger partial charge is 0.392 e. The van der Waals surface area contributed by atoms with Gasteiger partial charge in [0.25, 0.3) is 0 Å². The van der Waals surface area contributed by atoms with Gasteiger partial charge in [0.2, 0.25) is 0 Å². The molecule has 1 atom stereocenters. The first-order valence-corrected chi connectivity index (χ1v) is 5.80. The van der Waals surface area contributed by atoms with E-state index in [4.69, 9.17) is 0 Å². The van der Waals surface area contributed by atoms with Crippen LogP contribution in [0.4, 0.5) is 4.39 Å². The first kappa shape index (κ1) is 11.6. The van der Waals surface area contributed by atoms with E-state index in [1.807, 2.05) is 13.0 Å². The van der Waals surface area contributed by atoms with Crippen molar-refractivity contribution in [2.45, 2.75) is 32.4 Å². The summed E-state index contributed by atoms with van der Waals surface area (Å²) in [6, 6.07) is 5.12. The maximum Gasteiger partial charge on any atom is 0.123 e. The molecule has 0 aromatic heterocycles. The van der Waals surface area contributed by atoms with Crippen LogP contribution in [0.25, 0.3) is 0 Å². The molecule has 0 bridgehead atoms. The monoisotopic (exact) mass is 223 g/mol. The molecular weight excluding hydrogens is 205 g/mol. The van der Waals surface area contributed by atoms with Crippen molar-refractivity contribution in [2.24, 2.45) is 0 Å². The fraction of sp³-hybridized carbons (Fsp3) is 0.538. The van der Waals surface area contributed by atoms with Gasteiger partial charge in [-0.05, 0) is 49.6 Å². The molecular formula is C13H18FNO. The van der Waals surface area contributed by atoms with Crippen LogP contribution in [0, 0.1) is 12.7 Å². The van der Waals surface area contributed by atoms with E-state index in [1.54, 1.807) is 6.07 Å². The number of nitrogens with zero attached hydrogens (tertiary/aromatic N) is 1. The summed E-state index contributed by atoms with van der Waals surface area (Å²) in [7, 11) is 0. The number of hydrogen-bond acceptors (Lipinski definition) is 2. The number of likely N-dealkylation sites (tertiary alicyclic amines) is 1. The molecule has 0 radical (unpaired) electrons. The van der Waals surface area contributed by atoms with Crippen LogP contribution in [0.3, 0.4) is 0 Å². The summed E-state index contributed by atoms with van der Waals surface area (Å²) < 4.78 is 13.2. The van der Waals surface area contributed by atoms with Crippen molar-refractivity contribution in [3.63, 3.8) is 0 Å². The van der Waals surface area contributed by atoms with Gasteiger partial charge in [-0.15, -0.1) is 0 Å². The Kier molecular flexibility index (Phi) is 3.56. The first-order chi connectivity index (χ1) is 7.63. The molecule has 0 spiro atoms. The minimum atomic E-state index is -0.219. The molecule has 1 saturated heterocycles. The van der Waals surface area contributed by atoms with Crippen LogP contribution in [0.5, 0.6) is 0 Å². The quantitative estimate of drug-likeness (QED) is 0.830. The fourth-order valence-electron chi connectivity index (χ4n) is 2.34. The van der Waals surface area contributed by atoms with Crippen LogP contribution in [0.15, 0.2) is 18.2 Å². The maximum absolute atomic E-state index is 13.2. The van der Waals surface area contributed by atoms with Gasteiger partial charge in [0.05, 0.1) is 6.10 Å². The van der Waals surface area contributed by atoms with Crippen LogP contribution in [0.2, 0.25) is 0 Å². The summed E-state index contributed by atoms with van der Waals surface area (Å²) in [6.45, 7) is 4.33. The van der Waals surface area contributed by atoms with Gasteiger partial charge in [-0.1, -0.05) is 6.07 Å². The van der Waals surface area contributed by atoms with Crippen molar-refractivity contribution in [2.75, 3.05) is 13.1 Å². The number of hydrogen-bond donors (Lipinski definition) is 1. The molecule has 1 heterocycles. The molecule has 1 aromatic carbocycles. The van der Waals surface area contributed by atoms with Crippen molar-refractivity contribution in [3.05, 3.63) is 35.1 Å². The topological polar surface area (TPSA) is 23.5 Å². The van der Waals surface area contributed by atoms with Crippen molar-refractivity contribution >= 4 is 0 Å². The lowest BCUT2D eigenvalue weighted by Crippen LogP contribution is -2.37. The van der Waals surface area contributed by atoms with Gasteiger partial charge in [-0.2, -0.15) is 0 Å². The molecule has 0 amide bonds. The minimum Gasteiger partial charge on any atom is -0.392 e. The molecule has 3 heteroatoms. The summed E-state index contributed by atoms with van der Waals surface area (Å²) in [6.07, 6.45) is 1.69. The zero-order valence-electron chi connectivity index (χ0n) is 9.62. The van der Waals surface area contributed by atoms with E-state index in [-0.39, 0.29) is 11.9 Å². The molecule has 1 fully saturated rings. The van der Waals surface area contributed by atoms with Crippen molar-refractivity contribution in [3.8, 4) is 0 Å². The minimum absolute atomic E-state index is 0.174. The number of halogens is 1. The normalized spacial score (nSPS) is 22.3. The molecule has 0 saturated carbocycles. The van der Waals surface area contributed by atoms with Crippen LogP contribution in [-0.4, -0.2) is 29.2 Å². The highest BCUT2D eigenvalue weighted by molar-refractivity contribution is 5.23. The van der Waals surface area contributed by atoms with Crippen LogP contribution < -0.4 is 0 Å². The molecule has 16 heavy (non-hydrogen) atoms. The molecule has 1 aliphatic heterocycles. The number of aliphatic hydroxyl groups is 1. The molecule has 1 N–H and O–H groups in total. The second-order valence-corrected chi connectivity index (χ2v) is 4.67. The Hall–Kier alpha value is -0.930. The third-order valence-corrected chi connectivity index (χ3v) is 2.99. The van der Waals surface area contributed by atoms with Crippen molar-refractivity contribution in [1.29, 1.82) is 0 Å². The SMILES string of the molecule is Cc1cc(F)cc(CN2CCC[C@@H](O)C2)c1. The van der Waals surface area contributed by atoms with E-state index >= 15 is 0 Å². The van der Waals surface area contributed by atoms with Crippen molar-refractivity contribution in [1.82, 2.24) is 4.90 Å². The van der Waals surface area contributed by atoms with E-state index in [0.29, 0.717) is 6.54 Å². The van der Waals surface area contributed by atoms with E-state index in [0.717, 1.165) is 37.1 Å². The summed E-state index contributed by atoms with van der Waals surface area (Å²) in [5, 5.41) is 9.55. The molecule has 2 nitrogen and oxygen atoms in total. The predicted molar refractivity (Wildman–Crippen MR) is 61.7 cm³/mol. The van der Waals surface area contributed by atoms with Crippen molar-refractivity contribution < 1.29 is 9.50 Å². The Balaban J connectivity index is 2.02. The third-order valence-electron chi connectivity index (χ3n) is 2.99. The van der Waals surface area contributed by atoms with Gasteiger partial charge in [0, 0.05) is 13.1 Å². The number of aliphatic hydroxyl groups excluding tert-OH is 1. The van der Waals surface area contributed by atoms with Gasteiger partial charge in [-0.25, -0.2) is 4.39 Å². The Labute approximate surface area is 95.7 Å². The number of benzene rings is 1. The smallest absolute Gasteiger partial charge is 0.123 e. The lowest BCUT2D eigenvalue weighted by atomic mass is 10.1. The molecule has 0 aliphatic carbocycles. The molecule has 88 valence electrons. The predicted octanol–water partition coefficient (Wildman–Crippen LogP) is 2.09. The summed E-state index contributed by atoms with van der Waals surface area (Å²) >= 11 is 0.